The monoisotopic (exact) mass is 327 g/mol. The molecule has 5 nitrogen and oxygen atoms in total. The number of nitrogens with two attached hydrogens (primary N) is 1. The van der Waals surface area contributed by atoms with E-state index in [1.54, 1.807) is 23.9 Å². The topological polar surface area (TPSA) is 77.1 Å². The molecular weight excluding hydrogens is 302 g/mol. The number of hydrogen-bond donors (Lipinski definition) is 2. The number of aryl methyl sites for hydroxylation is 1. The largest absolute Gasteiger partial charge is 0.349 e. The van der Waals surface area contributed by atoms with Gasteiger partial charge in [0.05, 0.1) is 0 Å². The summed E-state index contributed by atoms with van der Waals surface area (Å²) in [5, 5.41) is 2.83. The Morgan fingerprint density at radius 2 is 1.75 bits per heavy atom. The van der Waals surface area contributed by atoms with Crippen LogP contribution in [0.25, 0.3) is 0 Å². The van der Waals surface area contributed by atoms with E-state index < -0.39 is 0 Å². The summed E-state index contributed by atoms with van der Waals surface area (Å²) in [4.78, 5) is 23.7. The molecule has 2 aromatic rings. The molecule has 1 unspecified atom stereocenters. The third-order valence-electron chi connectivity index (χ3n) is 4.16. The summed E-state index contributed by atoms with van der Waals surface area (Å²) < 4.78 is 1.65. The van der Waals surface area contributed by atoms with Crippen molar-refractivity contribution < 1.29 is 9.59 Å². The molecule has 5 heteroatoms. The lowest BCUT2D eigenvalue weighted by Gasteiger charge is -2.15. The highest BCUT2D eigenvalue weighted by Gasteiger charge is 2.15. The summed E-state index contributed by atoms with van der Waals surface area (Å²) in [7, 11) is 1.74. The van der Waals surface area contributed by atoms with E-state index in [9.17, 15) is 9.59 Å². The Hall–Kier alpha value is -2.40. The Morgan fingerprint density at radius 1 is 1.17 bits per heavy atom. The third-order valence-corrected chi connectivity index (χ3v) is 4.16. The molecule has 0 fully saturated rings. The first-order chi connectivity index (χ1) is 11.3. The maximum atomic E-state index is 12.3. The second-order valence-electron chi connectivity index (χ2n) is 6.42. The number of hydrogen-bond acceptors (Lipinski definition) is 3. The fourth-order valence-corrected chi connectivity index (χ4v) is 2.52. The van der Waals surface area contributed by atoms with Crippen molar-refractivity contribution in [3.63, 3.8) is 0 Å². The predicted octanol–water partition coefficient (Wildman–Crippen LogP) is 2.78. The molecule has 1 atom stereocenters. The number of benzene rings is 1. The quantitative estimate of drug-likeness (QED) is 0.801. The summed E-state index contributed by atoms with van der Waals surface area (Å²) in [6.45, 7) is 6.10. The van der Waals surface area contributed by atoms with Crippen molar-refractivity contribution >= 4 is 11.7 Å². The van der Waals surface area contributed by atoms with Gasteiger partial charge in [0.15, 0.2) is 5.78 Å². The average molecular weight is 327 g/mol. The minimum Gasteiger partial charge on any atom is -0.349 e. The molecule has 24 heavy (non-hydrogen) atoms. The highest BCUT2D eigenvalue weighted by atomic mass is 16.2. The van der Waals surface area contributed by atoms with Crippen molar-refractivity contribution in [3.8, 4) is 0 Å². The van der Waals surface area contributed by atoms with Crippen molar-refractivity contribution in [2.75, 3.05) is 6.54 Å². The molecule has 0 radical (unpaired) electrons. The fraction of sp³-hybridized carbons (Fsp3) is 0.368. The van der Waals surface area contributed by atoms with E-state index >= 15 is 0 Å². The van der Waals surface area contributed by atoms with E-state index in [1.165, 1.54) is 12.5 Å². The second kappa shape index (κ2) is 7.45. The lowest BCUT2D eigenvalue weighted by atomic mass is 9.99. The van der Waals surface area contributed by atoms with E-state index in [2.05, 4.69) is 31.3 Å². The number of carbonyl (C=O) groups excluding carboxylic acids is 2. The van der Waals surface area contributed by atoms with E-state index in [4.69, 9.17) is 5.73 Å². The summed E-state index contributed by atoms with van der Waals surface area (Å²) in [6.07, 6.45) is 1.65. The number of ketones is 1. The smallest absolute Gasteiger partial charge is 0.267 e. The van der Waals surface area contributed by atoms with Crippen LogP contribution < -0.4 is 11.1 Å². The second-order valence-corrected chi connectivity index (χ2v) is 6.42. The summed E-state index contributed by atoms with van der Waals surface area (Å²) >= 11 is 0. The van der Waals surface area contributed by atoms with Crippen LogP contribution in [-0.2, 0) is 7.05 Å². The molecule has 0 aliphatic heterocycles. The predicted molar refractivity (Wildman–Crippen MR) is 95.2 cm³/mol. The zero-order valence-electron chi connectivity index (χ0n) is 14.7. The first-order valence-electron chi connectivity index (χ1n) is 8.10. The van der Waals surface area contributed by atoms with Crippen LogP contribution >= 0.6 is 0 Å². The molecule has 1 aromatic carbocycles. The Balaban J connectivity index is 1.99. The average Bonchev–Trinajstić information content (AvgIpc) is 2.94. The summed E-state index contributed by atoms with van der Waals surface area (Å²) in [6, 6.07) is 9.46. The lowest BCUT2D eigenvalue weighted by molar-refractivity contribution is 0.0942. The number of rotatable bonds is 6. The normalized spacial score (nSPS) is 12.2. The van der Waals surface area contributed by atoms with E-state index in [0.29, 0.717) is 23.7 Å². The number of nitrogens with one attached hydrogen (secondary N) is 1. The van der Waals surface area contributed by atoms with E-state index in [0.717, 1.165) is 5.56 Å². The number of amides is 1. The zero-order valence-corrected chi connectivity index (χ0v) is 14.7. The minimum absolute atomic E-state index is 0.0633. The fourth-order valence-electron chi connectivity index (χ4n) is 2.52. The molecule has 0 saturated heterocycles. The van der Waals surface area contributed by atoms with Crippen molar-refractivity contribution in [1.29, 1.82) is 0 Å². The molecule has 3 N–H and O–H groups in total. The number of nitrogens with zero attached hydrogens (tertiary/aromatic N) is 1. The highest BCUT2D eigenvalue weighted by molar-refractivity contribution is 5.99. The Bertz CT molecular complexity index is 730. The van der Waals surface area contributed by atoms with E-state index in [-0.39, 0.29) is 17.7 Å². The molecule has 0 aliphatic rings. The van der Waals surface area contributed by atoms with Gasteiger partial charge in [-0.1, -0.05) is 38.1 Å². The molecule has 0 spiro atoms. The van der Waals surface area contributed by atoms with Gasteiger partial charge >= 0.3 is 0 Å². The van der Waals surface area contributed by atoms with E-state index in [1.807, 2.05) is 12.1 Å². The Kier molecular flexibility index (Phi) is 5.57. The first-order valence-corrected chi connectivity index (χ1v) is 8.10. The molecular formula is C19H25N3O2. The van der Waals surface area contributed by atoms with Gasteiger partial charge in [0, 0.05) is 31.4 Å². The van der Waals surface area contributed by atoms with Crippen LogP contribution in [0.1, 0.15) is 64.7 Å². The van der Waals surface area contributed by atoms with Gasteiger partial charge in [-0.25, -0.2) is 0 Å². The van der Waals surface area contributed by atoms with Gasteiger partial charge in [-0.05, 0) is 30.0 Å². The maximum absolute atomic E-state index is 12.3. The molecule has 0 aliphatic carbocycles. The van der Waals surface area contributed by atoms with Gasteiger partial charge in [-0.15, -0.1) is 0 Å². The van der Waals surface area contributed by atoms with Gasteiger partial charge < -0.3 is 15.6 Å². The first kappa shape index (κ1) is 17.9. The molecule has 128 valence electrons. The lowest BCUT2D eigenvalue weighted by Crippen LogP contribution is -2.32. The van der Waals surface area contributed by atoms with Crippen LogP contribution in [0.3, 0.4) is 0 Å². The molecule has 0 saturated carbocycles. The number of aromatic nitrogens is 1. The van der Waals surface area contributed by atoms with Crippen molar-refractivity contribution in [2.24, 2.45) is 12.8 Å². The number of Topliss-reactive ketones (excluding diaryl/α,β-unsaturated/α-hetero) is 1. The molecule has 2 rings (SSSR count). The molecule has 1 aromatic heterocycles. The zero-order chi connectivity index (χ0) is 17.9. The Morgan fingerprint density at radius 3 is 2.25 bits per heavy atom. The van der Waals surface area contributed by atoms with Crippen LogP contribution in [0.15, 0.2) is 36.5 Å². The van der Waals surface area contributed by atoms with Crippen LogP contribution in [0.5, 0.6) is 0 Å². The van der Waals surface area contributed by atoms with Crippen molar-refractivity contribution in [3.05, 3.63) is 58.9 Å². The number of carbonyl (C=O) groups is 2. The third kappa shape index (κ3) is 4.11. The van der Waals surface area contributed by atoms with Gasteiger partial charge in [0.1, 0.15) is 5.69 Å². The van der Waals surface area contributed by atoms with Gasteiger partial charge in [-0.3, -0.25) is 9.59 Å². The van der Waals surface area contributed by atoms with Gasteiger partial charge in [0.2, 0.25) is 0 Å². The van der Waals surface area contributed by atoms with Crippen LogP contribution in [0.2, 0.25) is 0 Å². The highest BCUT2D eigenvalue weighted by Crippen LogP contribution is 2.17. The van der Waals surface area contributed by atoms with Crippen LogP contribution in [-0.4, -0.2) is 22.8 Å². The maximum Gasteiger partial charge on any atom is 0.267 e. The van der Waals surface area contributed by atoms with Crippen molar-refractivity contribution in [2.45, 2.75) is 32.7 Å². The Labute approximate surface area is 142 Å². The molecule has 1 heterocycles. The summed E-state index contributed by atoms with van der Waals surface area (Å²) in [5.74, 6) is 0.175. The van der Waals surface area contributed by atoms with Crippen LogP contribution in [0.4, 0.5) is 0 Å². The molecule has 1 amide bonds. The molecule has 0 bridgehead atoms. The summed E-state index contributed by atoms with van der Waals surface area (Å²) in [5.41, 5.74) is 9.38. The standard InChI is InChI=1S/C19H25N3O2/c1-12(2)14-5-7-15(8-6-14)17(20)10-21-19(24)18-9-16(13(3)23)11-22(18)4/h5-9,11-12,17H,10,20H2,1-4H3,(H,21,24). The minimum atomic E-state index is -0.275. The van der Waals surface area contributed by atoms with Crippen molar-refractivity contribution in [1.82, 2.24) is 9.88 Å². The SMILES string of the molecule is CC(=O)c1cc(C(=O)NCC(N)c2ccc(C(C)C)cc2)n(C)c1. The van der Waals surface area contributed by atoms with Gasteiger partial charge in [0.25, 0.3) is 5.91 Å². The van der Waals surface area contributed by atoms with Crippen LogP contribution in [0, 0.1) is 0 Å². The van der Waals surface area contributed by atoms with Gasteiger partial charge in [-0.2, -0.15) is 0 Å².